The van der Waals surface area contributed by atoms with Crippen LogP contribution in [0.3, 0.4) is 0 Å². The van der Waals surface area contributed by atoms with Crippen molar-refractivity contribution < 1.29 is 69.2 Å². The zero-order valence-corrected chi connectivity index (χ0v) is 51.1. The molecule has 0 aliphatic rings. The van der Waals surface area contributed by atoms with Crippen molar-refractivity contribution in [3.63, 3.8) is 0 Å². The van der Waals surface area contributed by atoms with Crippen LogP contribution in [-0.4, -0.2) is 18.4 Å². The van der Waals surface area contributed by atoms with Crippen LogP contribution in [0.5, 0.6) is 0 Å². The van der Waals surface area contributed by atoms with Crippen molar-refractivity contribution in [1.29, 1.82) is 0 Å². The van der Waals surface area contributed by atoms with Crippen LogP contribution in [0.1, 0.15) is 82.6 Å². The Morgan fingerprint density at radius 1 is 0.451 bits per heavy atom. The monoisotopic (exact) mass is 1370 g/mol. The molecule has 0 saturated carbocycles. The van der Waals surface area contributed by atoms with Gasteiger partial charge >= 0.3 is 212 Å². The average molecular weight is 1370 g/mol. The number of unbranched alkanes of at least 4 members (excludes halogenated alkanes) is 2. The van der Waals surface area contributed by atoms with E-state index >= 15 is 0 Å². The summed E-state index contributed by atoms with van der Waals surface area (Å²) in [4.78, 5) is 0. The molecule has 0 aromatic carbocycles. The first-order valence-electron chi connectivity index (χ1n) is 11.2. The van der Waals surface area contributed by atoms with E-state index in [1.165, 1.54) is 12.2 Å². The van der Waals surface area contributed by atoms with Crippen molar-refractivity contribution in [2.45, 2.75) is 82.6 Å². The van der Waals surface area contributed by atoms with Gasteiger partial charge in [-0.2, -0.15) is 13.8 Å². The Balaban J connectivity index is -0.0000000129. The first kappa shape index (κ1) is 124. The van der Waals surface area contributed by atoms with E-state index < -0.39 is 54.1 Å². The summed E-state index contributed by atoms with van der Waals surface area (Å²) < 4.78 is 7.36. The van der Waals surface area contributed by atoms with E-state index in [-0.39, 0.29) is 74.6 Å². The summed E-state index contributed by atoms with van der Waals surface area (Å²) in [6, 6.07) is 0. The molecule has 0 nitrogen and oxygen atoms in total. The average Bonchev–Trinajstić information content (AvgIpc) is 2.93. The summed E-state index contributed by atoms with van der Waals surface area (Å²) >= 11 is -5.80. The fourth-order valence-electron chi connectivity index (χ4n) is 0.236. The third-order valence-electron chi connectivity index (χ3n) is 1.09. The van der Waals surface area contributed by atoms with Crippen LogP contribution in [0.4, 0.5) is 0 Å². The topological polar surface area (TPSA) is 0 Å². The van der Waals surface area contributed by atoms with Gasteiger partial charge in [-0.25, -0.2) is 0 Å². The molecule has 0 saturated heterocycles. The molecule has 0 unspecified atom stereocenters. The van der Waals surface area contributed by atoms with Crippen molar-refractivity contribution in [1.82, 2.24) is 0 Å². The van der Waals surface area contributed by atoms with Gasteiger partial charge in [0.25, 0.3) is 0 Å². The molecule has 0 aromatic rings. The molecule has 0 bridgehead atoms. The normalized spacial score (nSPS) is 6.69. The molecule has 0 aromatic heterocycles. The van der Waals surface area contributed by atoms with Crippen LogP contribution in [0, 0.1) is 85.4 Å². The van der Waals surface area contributed by atoms with Crippen LogP contribution >= 0.6 is 96.9 Å². The number of allylic oxidation sites excluding steroid dienone is 5. The fraction of sp³-hybridized carbons (Fsp3) is 0.333. The predicted octanol–water partition coefficient (Wildman–Crippen LogP) is 19.3. The second-order valence-corrected chi connectivity index (χ2v) is 32.2. The molecule has 0 aliphatic heterocycles. The fourth-order valence-corrected chi connectivity index (χ4v) is 0.236. The molecular weight excluding hydrogens is 1290 g/mol. The van der Waals surface area contributed by atoms with Gasteiger partial charge in [0.15, 0.2) is 0 Å². The van der Waals surface area contributed by atoms with E-state index in [1.54, 1.807) is 32.1 Å². The first-order chi connectivity index (χ1) is 20.0. The van der Waals surface area contributed by atoms with Gasteiger partial charge < -0.3 is 91.8 Å². The Morgan fingerprint density at radius 3 is 0.510 bits per heavy atom. The Labute approximate surface area is 397 Å². The van der Waals surface area contributed by atoms with Gasteiger partial charge in [0.1, 0.15) is 0 Å². The van der Waals surface area contributed by atoms with Gasteiger partial charge in [-0.1, -0.05) is 32.1 Å². The summed E-state index contributed by atoms with van der Waals surface area (Å²) in [6.45, 7) is 40.4. The molecule has 0 N–H and O–H groups in total. The van der Waals surface area contributed by atoms with E-state index in [2.05, 4.69) is 46.4 Å². The first-order valence-corrected chi connectivity index (χ1v) is 37.6. The van der Waals surface area contributed by atoms with Crippen molar-refractivity contribution >= 4 is 115 Å². The zero-order valence-electron chi connectivity index (χ0n) is 34.9. The quantitative estimate of drug-likeness (QED) is 0.147. The molecule has 0 aliphatic carbocycles. The Kier molecular flexibility index (Phi) is 437. The Hall–Kier alpha value is 4.20. The molecule has 0 spiro atoms. The summed E-state index contributed by atoms with van der Waals surface area (Å²) in [7, 11) is 52.2. The van der Waals surface area contributed by atoms with Gasteiger partial charge in [-0.05, 0) is 20.8 Å². The van der Waals surface area contributed by atoms with Crippen LogP contribution < -0.4 is 0 Å². The molecule has 0 radical (unpaired) electrons. The maximum atomic E-state index is 5.32. The van der Waals surface area contributed by atoms with Crippen molar-refractivity contribution in [3.8, 4) is 0 Å². The minimum atomic E-state index is -1.36. The van der Waals surface area contributed by atoms with Gasteiger partial charge in [0.2, 0.25) is 0 Å². The standard InChI is InChI=1S/C5H10.3C3H6.2C3H5.4C2H4.8CH3.10ClH.5Ru/c1-3-5-4-2;5*1-3-2;4*1-2;;;;;;;;;;;;;;;;;;;;;;;/h3-4H,5H2,1-2H3;3*3H,1H2,2H3;2*1,3H,2H3;4*1H,2H3;8*1H3;10*1H;;;;;/q-2;;;;2*-1;;;;;8*-1;;;;;;;;;;;5*+2/p-10. The predicted molar refractivity (Wildman–Crippen MR) is 258 cm³/mol. The molecule has 0 rings (SSSR count). The van der Waals surface area contributed by atoms with Crippen LogP contribution in [0.25, 0.3) is 0 Å². The number of rotatable bonds is 2. The third kappa shape index (κ3) is 733. The van der Waals surface area contributed by atoms with Crippen LogP contribution in [0.15, 0.2) is 50.1 Å². The molecular formula is C36H78Cl10Ru5-12. The van der Waals surface area contributed by atoms with Crippen molar-refractivity contribution in [2.75, 3.05) is 0 Å². The molecule has 0 amide bonds. The Morgan fingerprint density at radius 2 is 0.510 bits per heavy atom. The number of hydrogen-bond acceptors (Lipinski definition) is 0. The zero-order chi connectivity index (χ0) is 37.5. The molecule has 51 heavy (non-hydrogen) atoms. The van der Waals surface area contributed by atoms with Gasteiger partial charge in [-0.3, -0.25) is 12.2 Å². The van der Waals surface area contributed by atoms with E-state index in [1.807, 2.05) is 66.9 Å². The van der Waals surface area contributed by atoms with Gasteiger partial charge in [-0.15, -0.1) is 19.7 Å². The number of halogens is 10. The van der Waals surface area contributed by atoms with E-state index in [0.29, 0.717) is 0 Å². The van der Waals surface area contributed by atoms with Crippen molar-refractivity contribution in [2.24, 2.45) is 0 Å². The van der Waals surface area contributed by atoms with Crippen molar-refractivity contribution in [3.05, 3.63) is 136 Å². The van der Waals surface area contributed by atoms with E-state index in [4.69, 9.17) is 110 Å². The summed E-state index contributed by atoms with van der Waals surface area (Å²) in [5.41, 5.74) is 0. The summed E-state index contributed by atoms with van der Waals surface area (Å²) in [5.74, 6) is 0. The molecule has 0 fully saturated rings. The van der Waals surface area contributed by atoms with E-state index in [9.17, 15) is 0 Å². The summed E-state index contributed by atoms with van der Waals surface area (Å²) in [5, 5.41) is 0. The van der Waals surface area contributed by atoms with Crippen LogP contribution in [-0.2, 0) is 69.2 Å². The third-order valence-corrected chi connectivity index (χ3v) is 11.4. The SMILES string of the molecule is C=CC.C=CC.C=CC.C[CH-]C[CH-]C.C[CH]=[Ru]([Cl])[Cl].C[CH]=[Ru]([Cl])[Cl].C[CH]=[Ru]([Cl])[Cl].C[CH]=[Ru]([Cl])[Cl].[CH-]=CC.[CH-]=CC.[CH3-].[CH3-].[CH3-].[CH3-].[CH3-].[CH3-].[CH3-].[CH3-].[Cl][Ru][Cl]. The minimum absolute atomic E-state index is 0. The van der Waals surface area contributed by atoms with Crippen LogP contribution in [0.2, 0.25) is 0 Å². The van der Waals surface area contributed by atoms with E-state index in [0.717, 1.165) is 6.42 Å². The molecule has 344 valence electrons. The molecule has 0 atom stereocenters. The molecule has 0 heterocycles. The second kappa shape index (κ2) is 180. The summed E-state index contributed by atoms with van der Waals surface area (Å²) in [6.07, 6.45) is 13.6. The van der Waals surface area contributed by atoms with Gasteiger partial charge in [0.05, 0.1) is 0 Å². The number of hydrogen-bond donors (Lipinski definition) is 0. The Bertz CT molecular complexity index is 486. The second-order valence-electron chi connectivity index (χ2n) is 4.63. The molecule has 15 heteroatoms. The maximum absolute atomic E-state index is 5.32. The van der Waals surface area contributed by atoms with Gasteiger partial charge in [0, 0.05) is 0 Å².